The molecule has 0 saturated heterocycles. The number of Topliss-reactive ketones (excluding diaryl/α,β-unsaturated/α-hetero) is 1. The molecule has 0 aliphatic rings. The first-order valence-corrected chi connectivity index (χ1v) is 7.37. The molecular weight excluding hydrogens is 329 g/mol. The molecule has 0 unspecified atom stereocenters. The van der Waals surface area contributed by atoms with Gasteiger partial charge >= 0.3 is 5.97 Å². The zero-order valence-electron chi connectivity index (χ0n) is 13.5. The van der Waals surface area contributed by atoms with Crippen LogP contribution in [-0.2, 0) is 9.53 Å². The maximum atomic E-state index is 13.3. The van der Waals surface area contributed by atoms with Crippen molar-refractivity contribution in [3.05, 3.63) is 65.5 Å². The molecule has 2 aromatic carbocycles. The molecule has 0 fully saturated rings. The Hall–Kier alpha value is -3.22. The topological polar surface area (TPSA) is 81.7 Å². The molecule has 130 valence electrons. The van der Waals surface area contributed by atoms with Crippen molar-refractivity contribution in [2.75, 3.05) is 20.3 Å². The minimum Gasteiger partial charge on any atom is -0.496 e. The number of amides is 1. The number of carbonyl (C=O) groups excluding carboxylic acids is 3. The Morgan fingerprint density at radius 2 is 1.80 bits per heavy atom. The number of benzene rings is 2. The fraction of sp³-hybridized carbons (Fsp3) is 0.167. The monoisotopic (exact) mass is 345 g/mol. The van der Waals surface area contributed by atoms with Crippen molar-refractivity contribution < 1.29 is 28.2 Å². The van der Waals surface area contributed by atoms with Crippen LogP contribution in [0.15, 0.2) is 48.5 Å². The number of ketones is 1. The number of methoxy groups -OCH3 is 1. The third kappa shape index (κ3) is 5.13. The molecule has 0 heterocycles. The number of ether oxygens (including phenoxy) is 2. The molecule has 0 aliphatic carbocycles. The normalized spacial score (nSPS) is 10.0. The van der Waals surface area contributed by atoms with Crippen LogP contribution in [0, 0.1) is 5.82 Å². The van der Waals surface area contributed by atoms with Gasteiger partial charge in [-0.25, -0.2) is 4.39 Å². The molecule has 2 aromatic rings. The summed E-state index contributed by atoms with van der Waals surface area (Å²) in [5, 5.41) is 2.38. The van der Waals surface area contributed by atoms with E-state index in [1.54, 1.807) is 30.3 Å². The van der Waals surface area contributed by atoms with E-state index in [9.17, 15) is 18.8 Å². The molecule has 0 radical (unpaired) electrons. The lowest BCUT2D eigenvalue weighted by molar-refractivity contribution is -0.141. The van der Waals surface area contributed by atoms with Crippen molar-refractivity contribution in [1.82, 2.24) is 5.32 Å². The SMILES string of the molecule is COc1ccc(F)cc1C(=O)COC(=O)CNC(=O)c1ccccc1. The molecular formula is C18H16FNO5. The molecule has 0 aliphatic heterocycles. The standard InChI is InChI=1S/C18H16FNO5/c1-24-16-8-7-13(19)9-14(16)15(21)11-25-17(22)10-20-18(23)12-5-3-2-4-6-12/h2-9H,10-11H2,1H3,(H,20,23). The molecule has 1 N–H and O–H groups in total. The Morgan fingerprint density at radius 3 is 2.48 bits per heavy atom. The van der Waals surface area contributed by atoms with Crippen LogP contribution in [-0.4, -0.2) is 37.9 Å². The summed E-state index contributed by atoms with van der Waals surface area (Å²) in [5.74, 6) is -2.26. The third-order valence-electron chi connectivity index (χ3n) is 3.26. The van der Waals surface area contributed by atoms with Gasteiger partial charge in [0.1, 0.15) is 18.1 Å². The lowest BCUT2D eigenvalue weighted by Gasteiger charge is -2.09. The summed E-state index contributed by atoms with van der Waals surface area (Å²) in [5.41, 5.74) is 0.375. The van der Waals surface area contributed by atoms with Gasteiger partial charge in [0, 0.05) is 5.56 Å². The number of hydrogen-bond donors (Lipinski definition) is 1. The summed E-state index contributed by atoms with van der Waals surface area (Å²) in [6.07, 6.45) is 0. The minimum atomic E-state index is -0.784. The maximum Gasteiger partial charge on any atom is 0.325 e. The minimum absolute atomic E-state index is 0.0244. The van der Waals surface area contributed by atoms with Gasteiger partial charge in [-0.2, -0.15) is 0 Å². The lowest BCUT2D eigenvalue weighted by atomic mass is 10.1. The van der Waals surface area contributed by atoms with Crippen LogP contribution in [0.1, 0.15) is 20.7 Å². The van der Waals surface area contributed by atoms with Gasteiger partial charge in [0.05, 0.1) is 12.7 Å². The molecule has 7 heteroatoms. The van der Waals surface area contributed by atoms with Gasteiger partial charge < -0.3 is 14.8 Å². The maximum absolute atomic E-state index is 13.3. The Kier molecular flexibility index (Phi) is 6.22. The van der Waals surface area contributed by atoms with E-state index in [0.717, 1.165) is 12.1 Å². The molecule has 6 nitrogen and oxygen atoms in total. The smallest absolute Gasteiger partial charge is 0.325 e. The second-order valence-electron chi connectivity index (χ2n) is 4.98. The summed E-state index contributed by atoms with van der Waals surface area (Å²) in [7, 11) is 1.34. The van der Waals surface area contributed by atoms with E-state index >= 15 is 0 Å². The van der Waals surface area contributed by atoms with E-state index in [1.165, 1.54) is 13.2 Å². The van der Waals surface area contributed by atoms with E-state index < -0.39 is 30.1 Å². The summed E-state index contributed by atoms with van der Waals surface area (Å²) in [6, 6.07) is 11.8. The highest BCUT2D eigenvalue weighted by Crippen LogP contribution is 2.19. The number of nitrogens with one attached hydrogen (secondary N) is 1. The van der Waals surface area contributed by atoms with E-state index in [1.807, 2.05) is 0 Å². The number of hydrogen-bond acceptors (Lipinski definition) is 5. The van der Waals surface area contributed by atoms with E-state index in [-0.39, 0.29) is 17.9 Å². The molecule has 0 saturated carbocycles. The van der Waals surface area contributed by atoms with Gasteiger partial charge in [0.25, 0.3) is 5.91 Å². The van der Waals surface area contributed by atoms with Crippen LogP contribution < -0.4 is 10.1 Å². The van der Waals surface area contributed by atoms with Crippen LogP contribution in [0.3, 0.4) is 0 Å². The average molecular weight is 345 g/mol. The number of halogens is 1. The van der Waals surface area contributed by atoms with Crippen LogP contribution in [0.4, 0.5) is 4.39 Å². The summed E-state index contributed by atoms with van der Waals surface area (Å²) < 4.78 is 23.0. The number of carbonyl (C=O) groups is 3. The highest BCUT2D eigenvalue weighted by Gasteiger charge is 2.16. The summed E-state index contributed by atoms with van der Waals surface area (Å²) >= 11 is 0. The fourth-order valence-corrected chi connectivity index (χ4v) is 2.02. The van der Waals surface area contributed by atoms with Gasteiger partial charge in [-0.15, -0.1) is 0 Å². The molecule has 0 aromatic heterocycles. The van der Waals surface area contributed by atoms with Crippen LogP contribution in [0.2, 0.25) is 0 Å². The van der Waals surface area contributed by atoms with Gasteiger partial charge in [0.15, 0.2) is 6.61 Å². The Labute approximate surface area is 143 Å². The highest BCUT2D eigenvalue weighted by atomic mass is 19.1. The van der Waals surface area contributed by atoms with Crippen molar-refractivity contribution in [1.29, 1.82) is 0 Å². The van der Waals surface area contributed by atoms with Crippen LogP contribution >= 0.6 is 0 Å². The van der Waals surface area contributed by atoms with Crippen LogP contribution in [0.5, 0.6) is 5.75 Å². The van der Waals surface area contributed by atoms with E-state index in [2.05, 4.69) is 5.32 Å². The fourth-order valence-electron chi connectivity index (χ4n) is 2.02. The first-order chi connectivity index (χ1) is 12.0. The van der Waals surface area contributed by atoms with Gasteiger partial charge in [-0.3, -0.25) is 14.4 Å². The predicted octanol–water partition coefficient (Wildman–Crippen LogP) is 1.99. The first kappa shape index (κ1) is 18.1. The third-order valence-corrected chi connectivity index (χ3v) is 3.26. The Morgan fingerprint density at radius 1 is 1.08 bits per heavy atom. The molecule has 1 amide bonds. The van der Waals surface area contributed by atoms with E-state index in [4.69, 9.17) is 9.47 Å². The van der Waals surface area contributed by atoms with Crippen LogP contribution in [0.25, 0.3) is 0 Å². The second kappa shape index (κ2) is 8.58. The highest BCUT2D eigenvalue weighted by molar-refractivity contribution is 6.00. The predicted molar refractivity (Wildman–Crippen MR) is 87.0 cm³/mol. The zero-order chi connectivity index (χ0) is 18.2. The van der Waals surface area contributed by atoms with E-state index in [0.29, 0.717) is 5.56 Å². The quantitative estimate of drug-likeness (QED) is 0.613. The Balaban J connectivity index is 1.85. The Bertz CT molecular complexity index is 776. The van der Waals surface area contributed by atoms with Gasteiger partial charge in [-0.05, 0) is 30.3 Å². The molecule has 0 spiro atoms. The molecule has 0 bridgehead atoms. The van der Waals surface area contributed by atoms with Crippen molar-refractivity contribution in [3.63, 3.8) is 0 Å². The van der Waals surface area contributed by atoms with Crippen molar-refractivity contribution >= 4 is 17.7 Å². The largest absolute Gasteiger partial charge is 0.496 e. The lowest BCUT2D eigenvalue weighted by Crippen LogP contribution is -2.31. The molecule has 25 heavy (non-hydrogen) atoms. The number of esters is 1. The van der Waals surface area contributed by atoms with Gasteiger partial charge in [-0.1, -0.05) is 18.2 Å². The molecule has 0 atom stereocenters. The van der Waals surface area contributed by atoms with Gasteiger partial charge in [0.2, 0.25) is 5.78 Å². The van der Waals surface area contributed by atoms with Crippen molar-refractivity contribution in [2.45, 2.75) is 0 Å². The zero-order valence-corrected chi connectivity index (χ0v) is 13.5. The van der Waals surface area contributed by atoms with Crippen molar-refractivity contribution in [3.8, 4) is 5.75 Å². The summed E-state index contributed by atoms with van der Waals surface area (Å²) in [4.78, 5) is 35.5. The first-order valence-electron chi connectivity index (χ1n) is 7.37. The average Bonchev–Trinajstić information content (AvgIpc) is 2.64. The van der Waals surface area contributed by atoms with Crippen molar-refractivity contribution in [2.24, 2.45) is 0 Å². The second-order valence-corrected chi connectivity index (χ2v) is 4.98. The number of rotatable bonds is 7. The molecule has 2 rings (SSSR count). The summed E-state index contributed by atoms with van der Waals surface area (Å²) in [6.45, 7) is -0.971.